The third kappa shape index (κ3) is 16.3. The van der Waals surface area contributed by atoms with Crippen LogP contribution in [0.1, 0.15) is 298 Å². The Hall–Kier alpha value is -0.370. The zero-order valence-corrected chi connectivity index (χ0v) is 64.8. The standard InChI is InChI=1S/C30H50O2.C28H50O4.C24H42O2.C3H5I.3CH4/c1-7-12-21(4)23-14-15-24-28-25(20-27(30(23,24)6)32-18-9-3)29(5)16-11-10-13-22(29)19-26(28)31-17-8-2;1-5-8-19(2)21-10-11-22-26-23(18-25(28(21,22)4)32-16-14-30)27(3)12-7-6-9-20(27)17-24(26)31-15-13-29;1-5-8-15(2)17-10-11-18-22-19(14-21(26)24(17,18)4)23(3)12-7-6-9-16(23)13-20(22)25;1-2-3-4;;;/h8-9,21-28H,2-3,7,10-20H2,1,4-6H3;19-26,29-30H,5-18H2,1-4H3;15-22,25-26H,5-14H2,1-4H3;2H,1,3H2;3*1H4/t21-,22+,23-,24+,25+,26-,27+,28+,29+,30-;19-,20+,21-,22+,23+,24-,25+,26+,27+,28-;15-,16+,17-,18+,19+,20-,21+,22+,23+,24-;;;;/m111..../s1. The highest BCUT2D eigenvalue weighted by atomic mass is 127. The van der Waals surface area contributed by atoms with Crippen LogP contribution in [-0.4, -0.2) is 101 Å². The first-order valence-corrected chi connectivity index (χ1v) is 42.0. The van der Waals surface area contributed by atoms with Gasteiger partial charge in [0.05, 0.1) is 76.3 Å². The van der Waals surface area contributed by atoms with Gasteiger partial charge in [0.2, 0.25) is 0 Å². The third-order valence-corrected chi connectivity index (χ3v) is 32.9. The molecule has 0 aliphatic heterocycles. The summed E-state index contributed by atoms with van der Waals surface area (Å²) >= 11 is 2.23. The molecule has 0 unspecified atom stereocenters. The fourth-order valence-electron chi connectivity index (χ4n) is 28.0. The van der Waals surface area contributed by atoms with Gasteiger partial charge in [-0.1, -0.05) is 223 Å². The molecule has 0 aromatic carbocycles. The maximum atomic E-state index is 11.5. The van der Waals surface area contributed by atoms with Crippen LogP contribution in [0.15, 0.2) is 38.0 Å². The minimum Gasteiger partial charge on any atom is -0.394 e. The lowest BCUT2D eigenvalue weighted by atomic mass is 9.43. The van der Waals surface area contributed by atoms with Crippen molar-refractivity contribution in [2.45, 2.75) is 335 Å². The molecule has 30 atom stereocenters. The van der Waals surface area contributed by atoms with E-state index in [-0.39, 0.29) is 76.2 Å². The van der Waals surface area contributed by atoms with Crippen LogP contribution in [0.25, 0.3) is 0 Å². The molecule has 0 aromatic rings. The highest BCUT2D eigenvalue weighted by Gasteiger charge is 2.70. The summed E-state index contributed by atoms with van der Waals surface area (Å²) in [6, 6.07) is 0. The Morgan fingerprint density at radius 3 is 1.20 bits per heavy atom. The molecule has 12 saturated carbocycles. The summed E-state index contributed by atoms with van der Waals surface area (Å²) in [5.41, 5.74) is 1.64. The largest absolute Gasteiger partial charge is 0.394 e. The van der Waals surface area contributed by atoms with Gasteiger partial charge in [0.1, 0.15) is 0 Å². The van der Waals surface area contributed by atoms with Gasteiger partial charge in [0.25, 0.3) is 0 Å². The quantitative estimate of drug-likeness (QED) is 0.0481. The lowest BCUT2D eigenvalue weighted by molar-refractivity contribution is -0.223. The second-order valence-corrected chi connectivity index (χ2v) is 37.0. The molecular formula is C88H159IO8. The minimum absolute atomic E-state index is 0. The smallest absolute Gasteiger partial charge is 0.0701 e. The van der Waals surface area contributed by atoms with E-state index in [0.717, 1.165) is 59.2 Å². The fraction of sp³-hybridized carbons (Fsp3) is 0.932. The summed E-state index contributed by atoms with van der Waals surface area (Å²) in [7, 11) is 0. The number of fused-ring (bicyclic) bond motifs is 15. The monoisotopic (exact) mass is 1470 g/mol. The molecule has 12 fully saturated rings. The van der Waals surface area contributed by atoms with E-state index in [1.165, 1.54) is 173 Å². The molecule has 12 aliphatic carbocycles. The summed E-state index contributed by atoms with van der Waals surface area (Å²) in [5.74, 6) is 11.9. The second kappa shape index (κ2) is 37.2. The Morgan fingerprint density at radius 2 is 0.794 bits per heavy atom. The summed E-state index contributed by atoms with van der Waals surface area (Å²) < 4.78 is 27.5. The topological polar surface area (TPSA) is 118 Å². The third-order valence-electron chi connectivity index (χ3n) is 32.3. The van der Waals surface area contributed by atoms with Gasteiger partial charge < -0.3 is 39.4 Å². The highest BCUT2D eigenvalue weighted by Crippen LogP contribution is 2.73. The van der Waals surface area contributed by atoms with E-state index in [2.05, 4.69) is 125 Å². The summed E-state index contributed by atoms with van der Waals surface area (Å²) in [6.07, 6.45) is 45.3. The molecule has 97 heavy (non-hydrogen) atoms. The number of aliphatic hydroxyl groups is 4. The van der Waals surface area contributed by atoms with Crippen LogP contribution in [0.4, 0.5) is 0 Å². The molecule has 9 heteroatoms. The van der Waals surface area contributed by atoms with Crippen molar-refractivity contribution in [3.05, 3.63) is 38.0 Å². The van der Waals surface area contributed by atoms with Crippen molar-refractivity contribution in [2.75, 3.05) is 44.1 Å². The Labute approximate surface area is 613 Å². The summed E-state index contributed by atoms with van der Waals surface area (Å²) in [4.78, 5) is 0. The molecule has 0 amide bonds. The van der Waals surface area contributed by atoms with Crippen LogP contribution in [0.5, 0.6) is 0 Å². The first kappa shape index (κ1) is 85.6. The van der Waals surface area contributed by atoms with Crippen LogP contribution < -0.4 is 0 Å². The van der Waals surface area contributed by atoms with E-state index in [9.17, 15) is 20.4 Å². The number of ether oxygens (including phenoxy) is 4. The normalized spacial score (nSPS) is 45.8. The van der Waals surface area contributed by atoms with Gasteiger partial charge in [-0.3, -0.25) is 0 Å². The highest BCUT2D eigenvalue weighted by molar-refractivity contribution is 14.1. The van der Waals surface area contributed by atoms with Gasteiger partial charge in [0.15, 0.2) is 0 Å². The lowest BCUT2D eigenvalue weighted by Gasteiger charge is -2.64. The van der Waals surface area contributed by atoms with Crippen LogP contribution in [0.3, 0.4) is 0 Å². The minimum atomic E-state index is -0.176. The van der Waals surface area contributed by atoms with Crippen molar-refractivity contribution in [3.8, 4) is 0 Å². The number of halogens is 1. The molecule has 0 heterocycles. The average molecular weight is 1470 g/mol. The first-order valence-electron chi connectivity index (χ1n) is 40.5. The number of hydrogen-bond donors (Lipinski definition) is 4. The van der Waals surface area contributed by atoms with Gasteiger partial charge in [-0.15, -0.1) is 19.7 Å². The number of alkyl halides is 1. The molecular weight excluding hydrogens is 1310 g/mol. The van der Waals surface area contributed by atoms with Gasteiger partial charge in [-0.2, -0.15) is 0 Å². The van der Waals surface area contributed by atoms with Gasteiger partial charge in [-0.05, 0) is 244 Å². The van der Waals surface area contributed by atoms with Crippen molar-refractivity contribution >= 4 is 22.6 Å². The van der Waals surface area contributed by atoms with E-state index >= 15 is 0 Å². The Morgan fingerprint density at radius 1 is 0.433 bits per heavy atom. The average Bonchev–Trinajstić information content (AvgIpc) is 1.69. The van der Waals surface area contributed by atoms with Gasteiger partial charge in [0, 0.05) is 15.3 Å². The number of hydrogen-bond acceptors (Lipinski definition) is 8. The molecule has 0 radical (unpaired) electrons. The molecule has 0 saturated heterocycles. The lowest BCUT2D eigenvalue weighted by Crippen LogP contribution is -2.62. The van der Waals surface area contributed by atoms with E-state index < -0.39 is 0 Å². The van der Waals surface area contributed by atoms with E-state index in [1.807, 2.05) is 18.2 Å². The Balaban J connectivity index is 0.000000221. The van der Waals surface area contributed by atoms with Crippen LogP contribution in [-0.2, 0) is 18.9 Å². The van der Waals surface area contributed by atoms with Crippen molar-refractivity contribution in [1.29, 1.82) is 0 Å². The molecule has 0 bridgehead atoms. The second-order valence-electron chi connectivity index (χ2n) is 36.1. The molecule has 8 nitrogen and oxygen atoms in total. The van der Waals surface area contributed by atoms with E-state index in [0.29, 0.717) is 126 Å². The van der Waals surface area contributed by atoms with E-state index in [1.54, 1.807) is 0 Å². The summed E-state index contributed by atoms with van der Waals surface area (Å²) in [6.45, 7) is 43.6. The van der Waals surface area contributed by atoms with Crippen molar-refractivity contribution in [3.63, 3.8) is 0 Å². The maximum absolute atomic E-state index is 11.5. The molecule has 0 spiro atoms. The molecule has 0 aromatic heterocycles. The fourth-order valence-corrected chi connectivity index (χ4v) is 28.0. The van der Waals surface area contributed by atoms with Crippen LogP contribution in [0, 0.1) is 139 Å². The van der Waals surface area contributed by atoms with E-state index in [4.69, 9.17) is 18.9 Å². The maximum Gasteiger partial charge on any atom is 0.0701 e. The van der Waals surface area contributed by atoms with Crippen LogP contribution in [0.2, 0.25) is 0 Å². The SMILES string of the molecule is C.C.C.C=CCI.C=CCO[C@H]1C[C@H]2[C@@H]([C@H](OCC=C)C[C@@H]3CCCC[C@@]32C)[C@@H]2CC[C@H]([C@H](C)CCC)[C@@]12C.CCC[C@@H](C)[C@H]1CC[C@H]2[C@@H]3[C@H](O)C[C@@H]4CCCC[C@]4(C)[C@H]3C[C@H](O)[C@]12C.CCC[C@@H](C)[C@H]1CC[C@H]2[C@@H]3[C@H](OCCO)C[C@@H]4CCCC[C@]4(C)[C@H]3C[C@H](OCCO)[C@]12C. The van der Waals surface area contributed by atoms with Crippen molar-refractivity contribution in [1.82, 2.24) is 0 Å². The zero-order valence-electron chi connectivity index (χ0n) is 62.7. The first-order chi connectivity index (χ1) is 45.1. The van der Waals surface area contributed by atoms with Crippen molar-refractivity contribution in [2.24, 2.45) is 139 Å². The molecule has 12 rings (SSSR count). The number of rotatable bonds is 22. The van der Waals surface area contributed by atoms with Crippen LogP contribution >= 0.6 is 22.6 Å². The zero-order chi connectivity index (χ0) is 68.0. The molecule has 12 aliphatic rings. The van der Waals surface area contributed by atoms with Crippen molar-refractivity contribution < 1.29 is 39.4 Å². The molecule has 566 valence electrons. The predicted molar refractivity (Wildman–Crippen MR) is 419 cm³/mol. The number of allylic oxidation sites excluding steroid dienone is 1. The Kier molecular flexibility index (Phi) is 32.9. The molecule has 4 N–H and O–H groups in total. The Bertz CT molecular complexity index is 2350. The summed E-state index contributed by atoms with van der Waals surface area (Å²) in [5, 5.41) is 41.9. The number of aliphatic hydroxyl groups excluding tert-OH is 4. The van der Waals surface area contributed by atoms with Gasteiger partial charge in [-0.25, -0.2) is 0 Å². The predicted octanol–water partition coefficient (Wildman–Crippen LogP) is 22.2. The van der Waals surface area contributed by atoms with Gasteiger partial charge >= 0.3 is 0 Å².